The van der Waals surface area contributed by atoms with Crippen molar-refractivity contribution in [3.8, 4) is 0 Å². The van der Waals surface area contributed by atoms with Gasteiger partial charge in [0.25, 0.3) is 5.56 Å². The molecule has 0 aliphatic heterocycles. The van der Waals surface area contributed by atoms with Crippen LogP contribution in [0.1, 0.15) is 19.8 Å². The normalized spacial score (nSPS) is 10.9. The molecule has 2 heterocycles. The zero-order chi connectivity index (χ0) is 17.6. The Morgan fingerprint density at radius 2 is 2.20 bits per heavy atom. The third-order valence-corrected chi connectivity index (χ3v) is 4.54. The van der Waals surface area contributed by atoms with Crippen LogP contribution in [-0.2, 0) is 11.3 Å². The van der Waals surface area contributed by atoms with Gasteiger partial charge in [0.05, 0.1) is 16.7 Å². The molecule has 0 unspecified atom stereocenters. The molecule has 1 amide bonds. The van der Waals surface area contributed by atoms with Crippen molar-refractivity contribution in [1.29, 1.82) is 0 Å². The average Bonchev–Trinajstić information content (AvgIpc) is 3.12. The lowest BCUT2D eigenvalue weighted by atomic mass is 10.2. The maximum absolute atomic E-state index is 12.7. The molecular weight excluding hydrogens is 340 g/mol. The van der Waals surface area contributed by atoms with E-state index in [4.69, 9.17) is 0 Å². The third-order valence-electron chi connectivity index (χ3n) is 3.57. The Kier molecular flexibility index (Phi) is 5.44. The number of H-pyrrole nitrogens is 1. The molecule has 0 saturated heterocycles. The molecule has 0 aliphatic rings. The van der Waals surface area contributed by atoms with Crippen LogP contribution in [-0.4, -0.2) is 36.4 Å². The zero-order valence-corrected chi connectivity index (χ0v) is 14.5. The van der Waals surface area contributed by atoms with Crippen LogP contribution in [0.15, 0.2) is 40.5 Å². The van der Waals surface area contributed by atoms with Crippen molar-refractivity contribution < 1.29 is 4.79 Å². The van der Waals surface area contributed by atoms with Crippen molar-refractivity contribution in [3.05, 3.63) is 40.9 Å². The number of fused-ring (bicyclic) bond motifs is 1. The molecule has 3 aromatic rings. The zero-order valence-electron chi connectivity index (χ0n) is 13.7. The summed E-state index contributed by atoms with van der Waals surface area (Å²) in [5.41, 5.74) is 0.565. The summed E-state index contributed by atoms with van der Waals surface area (Å²) in [7, 11) is 0. The van der Waals surface area contributed by atoms with Crippen LogP contribution in [0.25, 0.3) is 10.9 Å². The first-order valence-electron chi connectivity index (χ1n) is 7.96. The van der Waals surface area contributed by atoms with Gasteiger partial charge in [-0.15, -0.1) is 0 Å². The smallest absolute Gasteiger partial charge is 0.262 e. The molecule has 0 bridgehead atoms. The number of carbonyl (C=O) groups excluding carboxylic acids is 1. The fraction of sp³-hybridized carbons (Fsp3) is 0.312. The lowest BCUT2D eigenvalue weighted by Crippen LogP contribution is -2.24. The molecule has 130 valence electrons. The minimum absolute atomic E-state index is 0.0720. The average molecular weight is 358 g/mol. The third kappa shape index (κ3) is 4.05. The van der Waals surface area contributed by atoms with Gasteiger partial charge in [0.1, 0.15) is 6.33 Å². The number of nitrogens with one attached hydrogen (secondary N) is 2. The van der Waals surface area contributed by atoms with E-state index in [1.54, 1.807) is 16.7 Å². The van der Waals surface area contributed by atoms with E-state index in [1.807, 2.05) is 12.1 Å². The molecule has 0 radical (unpaired) electrons. The molecule has 1 aromatic carbocycles. The number of nitrogens with zero attached hydrogens (tertiary/aromatic N) is 4. The fourth-order valence-corrected chi connectivity index (χ4v) is 3.16. The second-order valence-corrected chi connectivity index (χ2v) is 6.34. The Bertz CT molecular complexity index is 922. The number of carbonyl (C=O) groups is 1. The van der Waals surface area contributed by atoms with Crippen molar-refractivity contribution in [1.82, 2.24) is 24.7 Å². The Balaban J connectivity index is 1.83. The first kappa shape index (κ1) is 17.2. The van der Waals surface area contributed by atoms with Gasteiger partial charge in [-0.2, -0.15) is 10.1 Å². The van der Waals surface area contributed by atoms with Crippen molar-refractivity contribution in [2.75, 3.05) is 11.1 Å². The van der Waals surface area contributed by atoms with Crippen molar-refractivity contribution in [3.63, 3.8) is 0 Å². The summed E-state index contributed by atoms with van der Waals surface area (Å²) < 4.78 is 1.65. The fourth-order valence-electron chi connectivity index (χ4n) is 2.34. The van der Waals surface area contributed by atoms with E-state index in [0.29, 0.717) is 28.6 Å². The maximum atomic E-state index is 12.7. The van der Waals surface area contributed by atoms with Gasteiger partial charge >= 0.3 is 0 Å². The monoisotopic (exact) mass is 358 g/mol. The highest BCUT2D eigenvalue weighted by atomic mass is 32.2. The van der Waals surface area contributed by atoms with E-state index in [9.17, 15) is 9.59 Å². The summed E-state index contributed by atoms with van der Waals surface area (Å²) >= 11 is 1.23. The van der Waals surface area contributed by atoms with E-state index in [1.165, 1.54) is 18.1 Å². The van der Waals surface area contributed by atoms with E-state index in [-0.39, 0.29) is 17.2 Å². The molecule has 2 N–H and O–H groups in total. The van der Waals surface area contributed by atoms with E-state index in [0.717, 1.165) is 12.8 Å². The van der Waals surface area contributed by atoms with Crippen LogP contribution in [0.4, 0.5) is 5.95 Å². The molecule has 0 saturated carbocycles. The lowest BCUT2D eigenvalue weighted by molar-refractivity contribution is -0.113. The van der Waals surface area contributed by atoms with Gasteiger partial charge in [0.2, 0.25) is 11.9 Å². The van der Waals surface area contributed by atoms with Crippen molar-refractivity contribution in [2.24, 2.45) is 0 Å². The quantitative estimate of drug-likeness (QED) is 0.495. The second kappa shape index (κ2) is 7.93. The largest absolute Gasteiger partial charge is 0.294 e. The number of aromatic nitrogens is 5. The number of benzene rings is 1. The van der Waals surface area contributed by atoms with Crippen molar-refractivity contribution >= 4 is 34.5 Å². The van der Waals surface area contributed by atoms with E-state index in [2.05, 4.69) is 32.4 Å². The van der Waals surface area contributed by atoms with Gasteiger partial charge in [-0.3, -0.25) is 19.5 Å². The standard InChI is InChI=1S/C16H18N6O2S/c1-2-3-8-22-14(24)11-6-4-5-7-12(11)19-16(22)25-9-13(23)20-15-17-10-18-21-15/h4-7,10H,2-3,8-9H2,1H3,(H2,17,18,20,21,23). The number of unbranched alkanes of at least 4 members (excludes halogenated alkanes) is 1. The van der Waals surface area contributed by atoms with Crippen LogP contribution >= 0.6 is 11.8 Å². The first-order valence-corrected chi connectivity index (χ1v) is 8.95. The molecule has 0 atom stereocenters. The molecule has 3 rings (SSSR count). The highest BCUT2D eigenvalue weighted by Gasteiger charge is 2.13. The molecule has 0 fully saturated rings. The maximum Gasteiger partial charge on any atom is 0.262 e. The van der Waals surface area contributed by atoms with Crippen LogP contribution in [0.2, 0.25) is 0 Å². The predicted octanol–water partition coefficient (Wildman–Crippen LogP) is 2.05. The molecule has 9 heteroatoms. The number of hydrogen-bond donors (Lipinski definition) is 2. The summed E-state index contributed by atoms with van der Waals surface area (Å²) in [6.07, 6.45) is 3.16. The van der Waals surface area contributed by atoms with Gasteiger partial charge in [0, 0.05) is 6.54 Å². The summed E-state index contributed by atoms with van der Waals surface area (Å²) in [6, 6.07) is 7.25. The number of anilines is 1. The van der Waals surface area contributed by atoms with E-state index < -0.39 is 0 Å². The molecule has 0 aliphatic carbocycles. The summed E-state index contributed by atoms with van der Waals surface area (Å²) in [6.45, 7) is 2.65. The molecule has 8 nitrogen and oxygen atoms in total. The summed E-state index contributed by atoms with van der Waals surface area (Å²) in [5.74, 6) is 0.170. The Morgan fingerprint density at radius 3 is 2.96 bits per heavy atom. The Labute approximate surface area is 148 Å². The molecule has 0 spiro atoms. The highest BCUT2D eigenvalue weighted by Crippen LogP contribution is 2.18. The second-order valence-electron chi connectivity index (χ2n) is 5.39. The number of rotatable bonds is 7. The minimum atomic E-state index is -0.244. The van der Waals surface area contributed by atoms with Gasteiger partial charge in [0.15, 0.2) is 5.16 Å². The first-order chi connectivity index (χ1) is 12.2. The number of thioether (sulfide) groups is 1. The molecule has 2 aromatic heterocycles. The number of aromatic amines is 1. The Morgan fingerprint density at radius 1 is 1.36 bits per heavy atom. The number of para-hydroxylation sites is 1. The topological polar surface area (TPSA) is 106 Å². The minimum Gasteiger partial charge on any atom is -0.294 e. The SMILES string of the molecule is CCCCn1c(SCC(=O)Nc2ncn[nH]2)nc2ccccc2c1=O. The van der Waals surface area contributed by atoms with Gasteiger partial charge in [-0.25, -0.2) is 10.1 Å². The van der Waals surface area contributed by atoms with Crippen LogP contribution in [0.3, 0.4) is 0 Å². The van der Waals surface area contributed by atoms with Gasteiger partial charge < -0.3 is 0 Å². The highest BCUT2D eigenvalue weighted by molar-refractivity contribution is 7.99. The summed E-state index contributed by atoms with van der Waals surface area (Å²) in [4.78, 5) is 33.2. The van der Waals surface area contributed by atoms with Gasteiger partial charge in [-0.1, -0.05) is 37.2 Å². The lowest BCUT2D eigenvalue weighted by Gasteiger charge is -2.12. The van der Waals surface area contributed by atoms with Gasteiger partial charge in [-0.05, 0) is 18.6 Å². The Hall–Kier alpha value is -2.68. The van der Waals surface area contributed by atoms with E-state index >= 15 is 0 Å². The van der Waals surface area contributed by atoms with Crippen LogP contribution in [0.5, 0.6) is 0 Å². The molecule has 25 heavy (non-hydrogen) atoms. The number of amides is 1. The van der Waals surface area contributed by atoms with Crippen LogP contribution in [0, 0.1) is 0 Å². The molecular formula is C16H18N6O2S. The van der Waals surface area contributed by atoms with Crippen molar-refractivity contribution in [2.45, 2.75) is 31.5 Å². The predicted molar refractivity (Wildman–Crippen MR) is 96.6 cm³/mol. The van der Waals surface area contributed by atoms with Crippen LogP contribution < -0.4 is 10.9 Å². The summed E-state index contributed by atoms with van der Waals surface area (Å²) in [5, 5.41) is 9.98. The number of hydrogen-bond acceptors (Lipinski definition) is 6.